The van der Waals surface area contributed by atoms with Crippen molar-refractivity contribution >= 4 is 22.6 Å². The molecule has 4 fully saturated rings. The molecule has 0 spiro atoms. The first kappa shape index (κ1) is 15.2. The number of alkyl halides is 1. The fourth-order valence-electron chi connectivity index (χ4n) is 7.17. The van der Waals surface area contributed by atoms with Gasteiger partial charge in [0, 0.05) is 3.92 Å². The molecule has 0 amide bonds. The number of hydrogen-bond acceptors (Lipinski definition) is 1. The van der Waals surface area contributed by atoms with Crippen molar-refractivity contribution in [2.75, 3.05) is 0 Å². The lowest BCUT2D eigenvalue weighted by Crippen LogP contribution is -2.54. The molecular formula is C19H31IO. The van der Waals surface area contributed by atoms with E-state index in [4.69, 9.17) is 0 Å². The van der Waals surface area contributed by atoms with Gasteiger partial charge in [0.2, 0.25) is 0 Å². The molecule has 0 heterocycles. The third-order valence-corrected chi connectivity index (χ3v) is 10.6. The largest absolute Gasteiger partial charge is 0.393 e. The second-order valence-corrected chi connectivity index (χ2v) is 10.7. The number of hydrogen-bond donors (Lipinski definition) is 1. The van der Waals surface area contributed by atoms with Crippen LogP contribution in [0.2, 0.25) is 0 Å². The Labute approximate surface area is 143 Å². The molecule has 4 aliphatic carbocycles. The maximum atomic E-state index is 10.1. The van der Waals surface area contributed by atoms with E-state index in [-0.39, 0.29) is 6.10 Å². The molecular weight excluding hydrogens is 371 g/mol. The normalized spacial score (nSPS) is 60.0. The van der Waals surface area contributed by atoms with E-state index in [1.807, 2.05) is 0 Å². The van der Waals surface area contributed by atoms with Gasteiger partial charge in [-0.2, -0.15) is 0 Å². The smallest absolute Gasteiger partial charge is 0.0543 e. The minimum atomic E-state index is -0.00121. The Morgan fingerprint density at radius 3 is 2.38 bits per heavy atom. The Balaban J connectivity index is 1.62. The summed E-state index contributed by atoms with van der Waals surface area (Å²) < 4.78 is 0.916. The van der Waals surface area contributed by atoms with E-state index in [1.165, 1.54) is 44.9 Å². The molecule has 4 aliphatic rings. The van der Waals surface area contributed by atoms with Crippen LogP contribution < -0.4 is 0 Å². The Morgan fingerprint density at radius 2 is 1.57 bits per heavy atom. The van der Waals surface area contributed by atoms with Gasteiger partial charge in [0.25, 0.3) is 0 Å². The molecule has 1 N–H and O–H groups in total. The summed E-state index contributed by atoms with van der Waals surface area (Å²) in [5, 5.41) is 10.1. The standard InChI is InChI=1S/C19H31IO/c1-18-9-7-13(21)11-12(18)3-4-14-15-5-6-17(20)19(15,2)10-8-16(14)18/h12-17,21H,3-11H2,1-2H3/t12-,13-,14+,15+,16+,17+,18+,19+/m1/s1. The Hall–Kier alpha value is 0.690. The van der Waals surface area contributed by atoms with Crippen molar-refractivity contribution < 1.29 is 5.11 Å². The van der Waals surface area contributed by atoms with Crippen molar-refractivity contribution in [2.24, 2.45) is 34.5 Å². The zero-order valence-corrected chi connectivity index (χ0v) is 15.8. The highest BCUT2D eigenvalue weighted by Gasteiger charge is 2.59. The maximum Gasteiger partial charge on any atom is 0.0543 e. The third-order valence-electron chi connectivity index (χ3n) is 8.52. The van der Waals surface area contributed by atoms with E-state index in [9.17, 15) is 5.11 Å². The summed E-state index contributed by atoms with van der Waals surface area (Å²) in [7, 11) is 0. The molecule has 0 aromatic heterocycles. The maximum absolute atomic E-state index is 10.1. The average molecular weight is 402 g/mol. The third kappa shape index (κ3) is 2.10. The molecule has 0 unspecified atom stereocenters. The first-order chi connectivity index (χ1) is 9.95. The van der Waals surface area contributed by atoms with Crippen LogP contribution in [0.1, 0.15) is 71.6 Å². The van der Waals surface area contributed by atoms with Gasteiger partial charge in [-0.25, -0.2) is 0 Å². The predicted octanol–water partition coefficient (Wildman–Crippen LogP) is 5.19. The van der Waals surface area contributed by atoms with Gasteiger partial charge in [-0.1, -0.05) is 36.4 Å². The van der Waals surface area contributed by atoms with Crippen molar-refractivity contribution in [1.82, 2.24) is 0 Å². The summed E-state index contributed by atoms with van der Waals surface area (Å²) >= 11 is 2.76. The van der Waals surface area contributed by atoms with Gasteiger partial charge in [0.15, 0.2) is 0 Å². The average Bonchev–Trinajstić information content (AvgIpc) is 2.76. The van der Waals surface area contributed by atoms with E-state index in [0.717, 1.165) is 40.4 Å². The highest BCUT2D eigenvalue weighted by Crippen LogP contribution is 2.67. The summed E-state index contributed by atoms with van der Waals surface area (Å²) in [5.74, 6) is 3.77. The fourth-order valence-corrected chi connectivity index (χ4v) is 8.30. The number of aliphatic hydroxyl groups is 1. The molecule has 0 radical (unpaired) electrons. The lowest BCUT2D eigenvalue weighted by atomic mass is 9.45. The summed E-state index contributed by atoms with van der Waals surface area (Å²) in [6.07, 6.45) is 12.2. The quantitative estimate of drug-likeness (QED) is 0.437. The number of halogens is 1. The highest BCUT2D eigenvalue weighted by atomic mass is 127. The van der Waals surface area contributed by atoms with Gasteiger partial charge in [0.1, 0.15) is 0 Å². The minimum Gasteiger partial charge on any atom is -0.393 e. The molecule has 21 heavy (non-hydrogen) atoms. The van der Waals surface area contributed by atoms with Crippen LogP contribution in [-0.4, -0.2) is 15.1 Å². The molecule has 120 valence electrons. The number of rotatable bonds is 0. The monoisotopic (exact) mass is 402 g/mol. The topological polar surface area (TPSA) is 20.2 Å². The van der Waals surface area contributed by atoms with Crippen molar-refractivity contribution in [3.8, 4) is 0 Å². The van der Waals surface area contributed by atoms with Crippen molar-refractivity contribution in [3.05, 3.63) is 0 Å². The van der Waals surface area contributed by atoms with Gasteiger partial charge in [-0.3, -0.25) is 0 Å². The van der Waals surface area contributed by atoms with E-state index < -0.39 is 0 Å². The number of aliphatic hydroxyl groups excluding tert-OH is 1. The summed E-state index contributed by atoms with van der Waals surface area (Å²) in [4.78, 5) is 0. The van der Waals surface area contributed by atoms with Crippen molar-refractivity contribution in [1.29, 1.82) is 0 Å². The molecule has 8 atom stereocenters. The molecule has 2 heteroatoms. The molecule has 0 aliphatic heterocycles. The summed E-state index contributed by atoms with van der Waals surface area (Å²) in [5.41, 5.74) is 1.19. The van der Waals surface area contributed by atoms with Crippen LogP contribution in [0.5, 0.6) is 0 Å². The Morgan fingerprint density at radius 1 is 0.857 bits per heavy atom. The van der Waals surface area contributed by atoms with Crippen LogP contribution in [0.15, 0.2) is 0 Å². The molecule has 4 rings (SSSR count). The lowest BCUT2D eigenvalue weighted by molar-refractivity contribution is -0.119. The first-order valence-electron chi connectivity index (χ1n) is 9.27. The summed E-state index contributed by atoms with van der Waals surface area (Å²) in [6, 6.07) is 0. The Kier molecular flexibility index (Phi) is 3.69. The lowest BCUT2D eigenvalue weighted by Gasteiger charge is -2.60. The Bertz CT molecular complexity index is 424. The number of fused-ring (bicyclic) bond motifs is 5. The van der Waals surface area contributed by atoms with Gasteiger partial charge >= 0.3 is 0 Å². The minimum absolute atomic E-state index is 0.00121. The van der Waals surface area contributed by atoms with Crippen LogP contribution >= 0.6 is 22.6 Å². The van der Waals surface area contributed by atoms with Gasteiger partial charge in [0.05, 0.1) is 6.10 Å². The van der Waals surface area contributed by atoms with Crippen LogP contribution in [0.4, 0.5) is 0 Å². The van der Waals surface area contributed by atoms with Crippen LogP contribution in [0, 0.1) is 34.5 Å². The van der Waals surface area contributed by atoms with E-state index >= 15 is 0 Å². The highest BCUT2D eigenvalue weighted by molar-refractivity contribution is 14.1. The second-order valence-electron chi connectivity index (χ2n) is 9.17. The van der Waals surface area contributed by atoms with Gasteiger partial charge in [-0.05, 0) is 92.3 Å². The molecule has 1 nitrogen and oxygen atoms in total. The van der Waals surface area contributed by atoms with Crippen molar-refractivity contribution in [3.63, 3.8) is 0 Å². The molecule has 0 bridgehead atoms. The predicted molar refractivity (Wildman–Crippen MR) is 95.5 cm³/mol. The second kappa shape index (κ2) is 5.09. The van der Waals surface area contributed by atoms with Gasteiger partial charge in [-0.15, -0.1) is 0 Å². The van der Waals surface area contributed by atoms with Crippen molar-refractivity contribution in [2.45, 2.75) is 81.7 Å². The van der Waals surface area contributed by atoms with Crippen LogP contribution in [0.3, 0.4) is 0 Å². The van der Waals surface area contributed by atoms with E-state index in [1.54, 1.807) is 0 Å². The first-order valence-corrected chi connectivity index (χ1v) is 10.5. The SMILES string of the molecule is C[C@]12CC[C@@H](O)C[C@H]1CC[C@@H]1[C@@H]2CC[C@]2(C)[C@@H](I)CC[C@@H]12. The van der Waals surface area contributed by atoms with Crippen LogP contribution in [-0.2, 0) is 0 Å². The molecule has 0 aromatic rings. The molecule has 0 aromatic carbocycles. The van der Waals surface area contributed by atoms with Gasteiger partial charge < -0.3 is 5.11 Å². The zero-order valence-electron chi connectivity index (χ0n) is 13.7. The fraction of sp³-hybridized carbons (Fsp3) is 1.00. The molecule has 0 saturated heterocycles. The van der Waals surface area contributed by atoms with E-state index in [2.05, 4.69) is 36.4 Å². The van der Waals surface area contributed by atoms with E-state index in [0.29, 0.717) is 10.8 Å². The van der Waals surface area contributed by atoms with Crippen LogP contribution in [0.25, 0.3) is 0 Å². The summed E-state index contributed by atoms with van der Waals surface area (Å²) in [6.45, 7) is 5.20. The molecule has 4 saturated carbocycles. The zero-order chi connectivity index (χ0) is 14.8.